The lowest BCUT2D eigenvalue weighted by molar-refractivity contribution is -0.130. The summed E-state index contributed by atoms with van der Waals surface area (Å²) in [4.78, 5) is 53.7. The molecule has 33 heavy (non-hydrogen) atoms. The number of methoxy groups -OCH3 is 1. The molecule has 0 radical (unpaired) electrons. The molecule has 0 saturated carbocycles. The Morgan fingerprint density at radius 2 is 1.73 bits per heavy atom. The molecule has 2 fully saturated rings. The molecule has 2 atom stereocenters. The summed E-state index contributed by atoms with van der Waals surface area (Å²) in [6, 6.07) is 14.8. The van der Waals surface area contributed by atoms with Gasteiger partial charge in [0.15, 0.2) is 0 Å². The van der Waals surface area contributed by atoms with Gasteiger partial charge in [0.05, 0.1) is 31.2 Å². The topological polar surface area (TPSA) is 108 Å². The summed E-state index contributed by atoms with van der Waals surface area (Å²) in [5.74, 6) is -1.03. The minimum atomic E-state index is -0.581. The first-order valence-electron chi connectivity index (χ1n) is 10.9. The molecule has 0 bridgehead atoms. The number of nitrogens with zero attached hydrogens (tertiary/aromatic N) is 2. The fraction of sp³-hybridized carbons (Fsp3) is 0.333. The number of amides is 4. The number of carbonyl (C=O) groups is 4. The average Bonchev–Trinajstić information content (AvgIpc) is 3.16. The van der Waals surface area contributed by atoms with Gasteiger partial charge in [0.25, 0.3) is 11.8 Å². The molecule has 2 aromatic rings. The minimum absolute atomic E-state index is 0.0935. The first kappa shape index (κ1) is 22.5. The molecule has 4 amide bonds. The molecule has 2 N–H and O–H groups in total. The van der Waals surface area contributed by atoms with E-state index in [1.165, 1.54) is 12.0 Å². The number of rotatable bonds is 5. The molecular formula is C24H26N4O5. The zero-order chi connectivity index (χ0) is 23.4. The van der Waals surface area contributed by atoms with Crippen molar-refractivity contribution in [1.82, 2.24) is 15.8 Å². The number of ether oxygens (including phenoxy) is 1. The maximum atomic E-state index is 13.0. The molecule has 9 heteroatoms. The Labute approximate surface area is 191 Å². The molecule has 2 saturated heterocycles. The summed E-state index contributed by atoms with van der Waals surface area (Å²) < 4.78 is 5.07. The Bertz CT molecular complexity index is 1040. The maximum absolute atomic E-state index is 13.0. The van der Waals surface area contributed by atoms with Crippen molar-refractivity contribution < 1.29 is 23.9 Å². The van der Waals surface area contributed by atoms with Gasteiger partial charge in [-0.05, 0) is 55.8 Å². The van der Waals surface area contributed by atoms with Gasteiger partial charge < -0.3 is 4.74 Å². The van der Waals surface area contributed by atoms with E-state index in [4.69, 9.17) is 4.74 Å². The predicted molar refractivity (Wildman–Crippen MR) is 120 cm³/mol. The highest BCUT2D eigenvalue weighted by Gasteiger charge is 2.44. The number of anilines is 1. The Hall–Kier alpha value is -3.72. The lowest BCUT2D eigenvalue weighted by Crippen LogP contribution is -2.52. The van der Waals surface area contributed by atoms with Crippen LogP contribution in [0.2, 0.25) is 0 Å². The highest BCUT2D eigenvalue weighted by Crippen LogP contribution is 2.28. The Balaban J connectivity index is 1.34. The molecule has 0 spiro atoms. The van der Waals surface area contributed by atoms with Gasteiger partial charge in [0.1, 0.15) is 5.75 Å². The molecule has 9 nitrogen and oxygen atoms in total. The number of carbonyl (C=O) groups excluding carboxylic acids is 4. The van der Waals surface area contributed by atoms with Crippen molar-refractivity contribution in [3.05, 3.63) is 60.2 Å². The lowest BCUT2D eigenvalue weighted by atomic mass is 9.95. The number of likely N-dealkylation sites (tertiary alicyclic amines) is 1. The first-order valence-corrected chi connectivity index (χ1v) is 10.9. The molecule has 0 aromatic heterocycles. The first-order chi connectivity index (χ1) is 16.0. The van der Waals surface area contributed by atoms with Crippen LogP contribution in [-0.4, -0.2) is 54.8 Å². The van der Waals surface area contributed by atoms with Gasteiger partial charge >= 0.3 is 0 Å². The van der Waals surface area contributed by atoms with Gasteiger partial charge in [-0.25, -0.2) is 4.90 Å². The second kappa shape index (κ2) is 9.83. The van der Waals surface area contributed by atoms with Crippen molar-refractivity contribution in [2.45, 2.75) is 25.3 Å². The highest BCUT2D eigenvalue weighted by molar-refractivity contribution is 6.22. The summed E-state index contributed by atoms with van der Waals surface area (Å²) in [7, 11) is 1.54. The molecule has 2 aliphatic rings. The number of piperidine rings is 1. The van der Waals surface area contributed by atoms with Gasteiger partial charge in [0.2, 0.25) is 11.8 Å². The van der Waals surface area contributed by atoms with Crippen LogP contribution in [0.5, 0.6) is 5.75 Å². The highest BCUT2D eigenvalue weighted by atomic mass is 16.5. The van der Waals surface area contributed by atoms with Crippen LogP contribution >= 0.6 is 0 Å². The number of hydrogen-bond donors (Lipinski definition) is 2. The Morgan fingerprint density at radius 3 is 2.42 bits per heavy atom. The van der Waals surface area contributed by atoms with E-state index >= 15 is 0 Å². The van der Waals surface area contributed by atoms with E-state index < -0.39 is 17.9 Å². The summed E-state index contributed by atoms with van der Waals surface area (Å²) in [6.07, 6.45) is 1.45. The zero-order valence-electron chi connectivity index (χ0n) is 18.3. The van der Waals surface area contributed by atoms with Crippen molar-refractivity contribution in [3.63, 3.8) is 0 Å². The van der Waals surface area contributed by atoms with Crippen LogP contribution < -0.4 is 20.5 Å². The third-order valence-corrected chi connectivity index (χ3v) is 6.05. The number of nitrogens with one attached hydrogen (secondary N) is 2. The quantitative estimate of drug-likeness (QED) is 0.528. The SMILES string of the molecule is COc1ccc(C(=O)NNC(=O)[C@H]2CCCN([C@@H]3CC(=O)N(c4ccccc4)C3=O)C2)cc1. The Kier molecular flexibility index (Phi) is 6.69. The smallest absolute Gasteiger partial charge is 0.269 e. The van der Waals surface area contributed by atoms with E-state index in [1.54, 1.807) is 48.5 Å². The van der Waals surface area contributed by atoms with E-state index in [-0.39, 0.29) is 24.1 Å². The number of imide groups is 1. The van der Waals surface area contributed by atoms with Gasteiger partial charge in [-0.3, -0.25) is 34.9 Å². The van der Waals surface area contributed by atoms with E-state index in [0.29, 0.717) is 42.9 Å². The number of benzene rings is 2. The lowest BCUT2D eigenvalue weighted by Gasteiger charge is -2.34. The largest absolute Gasteiger partial charge is 0.497 e. The van der Waals surface area contributed by atoms with E-state index in [0.717, 1.165) is 0 Å². The van der Waals surface area contributed by atoms with E-state index in [1.807, 2.05) is 11.0 Å². The molecular weight excluding hydrogens is 424 g/mol. The van der Waals surface area contributed by atoms with Crippen molar-refractivity contribution in [2.24, 2.45) is 5.92 Å². The van der Waals surface area contributed by atoms with Crippen molar-refractivity contribution in [3.8, 4) is 5.75 Å². The number of para-hydroxylation sites is 1. The molecule has 172 valence electrons. The molecule has 0 unspecified atom stereocenters. The maximum Gasteiger partial charge on any atom is 0.269 e. The average molecular weight is 450 g/mol. The van der Waals surface area contributed by atoms with Crippen LogP contribution in [0.15, 0.2) is 54.6 Å². The fourth-order valence-corrected chi connectivity index (χ4v) is 4.29. The summed E-state index contributed by atoms with van der Waals surface area (Å²) in [6.45, 7) is 0.977. The van der Waals surface area contributed by atoms with Crippen LogP contribution in [0.1, 0.15) is 29.6 Å². The van der Waals surface area contributed by atoms with Crippen molar-refractivity contribution in [1.29, 1.82) is 0 Å². The minimum Gasteiger partial charge on any atom is -0.497 e. The number of hydrazine groups is 1. The van der Waals surface area contributed by atoms with Gasteiger partial charge in [-0.15, -0.1) is 0 Å². The molecule has 2 aromatic carbocycles. The van der Waals surface area contributed by atoms with Crippen LogP contribution in [0.25, 0.3) is 0 Å². The zero-order valence-corrected chi connectivity index (χ0v) is 18.3. The van der Waals surface area contributed by atoms with Gasteiger partial charge in [-0.2, -0.15) is 0 Å². The van der Waals surface area contributed by atoms with Crippen LogP contribution in [0, 0.1) is 5.92 Å². The molecule has 2 aliphatic heterocycles. The molecule has 0 aliphatic carbocycles. The third kappa shape index (κ3) is 4.88. The monoisotopic (exact) mass is 450 g/mol. The van der Waals surface area contributed by atoms with Gasteiger partial charge in [-0.1, -0.05) is 18.2 Å². The van der Waals surface area contributed by atoms with Crippen LogP contribution in [0.4, 0.5) is 5.69 Å². The predicted octanol–water partition coefficient (Wildman–Crippen LogP) is 1.50. The molecule has 2 heterocycles. The normalized spacial score (nSPS) is 21.1. The van der Waals surface area contributed by atoms with Gasteiger partial charge in [0, 0.05) is 12.1 Å². The van der Waals surface area contributed by atoms with Crippen LogP contribution in [0.3, 0.4) is 0 Å². The summed E-state index contributed by atoms with van der Waals surface area (Å²) in [5.41, 5.74) is 5.87. The summed E-state index contributed by atoms with van der Waals surface area (Å²) >= 11 is 0. The number of hydrogen-bond acceptors (Lipinski definition) is 6. The van der Waals surface area contributed by atoms with Crippen molar-refractivity contribution in [2.75, 3.05) is 25.1 Å². The third-order valence-electron chi connectivity index (χ3n) is 6.05. The van der Waals surface area contributed by atoms with Crippen LogP contribution in [-0.2, 0) is 14.4 Å². The van der Waals surface area contributed by atoms with Crippen molar-refractivity contribution >= 4 is 29.3 Å². The van der Waals surface area contributed by atoms with E-state index in [9.17, 15) is 19.2 Å². The van der Waals surface area contributed by atoms with E-state index in [2.05, 4.69) is 10.9 Å². The fourth-order valence-electron chi connectivity index (χ4n) is 4.29. The molecule has 4 rings (SSSR count). The Morgan fingerprint density at radius 1 is 1.00 bits per heavy atom. The second-order valence-corrected chi connectivity index (χ2v) is 8.13. The standard InChI is InChI=1S/C24H26N4O5/c1-33-19-11-9-16(10-12-19)22(30)25-26-23(31)17-6-5-13-27(15-17)20-14-21(29)28(24(20)32)18-7-3-2-4-8-18/h2-4,7-12,17,20H,5-6,13-15H2,1H3,(H,25,30)(H,26,31)/t17-,20+/m0/s1. The second-order valence-electron chi connectivity index (χ2n) is 8.13. The summed E-state index contributed by atoms with van der Waals surface area (Å²) in [5, 5.41) is 0.